The summed E-state index contributed by atoms with van der Waals surface area (Å²) in [5, 5.41) is 10.1. The average Bonchev–Trinajstić information content (AvgIpc) is 2.61. The first-order valence-electron chi connectivity index (χ1n) is 5.54. The molecule has 1 N–H and O–H groups in total. The maximum absolute atomic E-state index is 10.1. The molecule has 0 spiro atoms. The first kappa shape index (κ1) is 10.7. The molecule has 1 heterocycles. The lowest BCUT2D eigenvalue weighted by molar-refractivity contribution is 0.0358. The molecule has 2 nitrogen and oxygen atoms in total. The van der Waals surface area contributed by atoms with Crippen LogP contribution in [-0.2, 0) is 4.74 Å². The third-order valence-electron chi connectivity index (χ3n) is 3.20. The quantitative estimate of drug-likeness (QED) is 0.805. The van der Waals surface area contributed by atoms with Gasteiger partial charge in [0.2, 0.25) is 0 Å². The van der Waals surface area contributed by atoms with Crippen molar-refractivity contribution in [1.82, 2.24) is 0 Å². The van der Waals surface area contributed by atoms with E-state index in [1.165, 1.54) is 0 Å². The fraction of sp³-hybridized carbons (Fsp3) is 0.538. The molecule has 2 heteroatoms. The lowest BCUT2D eigenvalue weighted by Gasteiger charge is -2.20. The van der Waals surface area contributed by atoms with E-state index in [-0.39, 0.29) is 18.1 Å². The highest BCUT2D eigenvalue weighted by Crippen LogP contribution is 2.36. The minimum Gasteiger partial charge on any atom is -0.390 e. The molecule has 1 aromatic carbocycles. The molecule has 1 fully saturated rings. The molecule has 0 amide bonds. The van der Waals surface area contributed by atoms with E-state index in [0.29, 0.717) is 12.5 Å². The van der Waals surface area contributed by atoms with Crippen molar-refractivity contribution in [1.29, 1.82) is 0 Å². The average molecular weight is 206 g/mol. The normalized spacial score (nSPS) is 31.1. The number of aliphatic hydroxyl groups is 1. The van der Waals surface area contributed by atoms with Crippen LogP contribution in [0.2, 0.25) is 0 Å². The summed E-state index contributed by atoms with van der Waals surface area (Å²) in [4.78, 5) is 0. The molecular formula is C13H18O2. The molecule has 0 unspecified atom stereocenters. The van der Waals surface area contributed by atoms with Crippen molar-refractivity contribution < 1.29 is 9.84 Å². The standard InChI is InChI=1S/C13H18O2/c1-9(2)11-8-15-13(12(11)14)10-6-4-3-5-7-10/h3-7,9,11-14H,8H2,1-2H3/t11-,12+,13-/m0/s1. The van der Waals surface area contributed by atoms with Gasteiger partial charge in [-0.3, -0.25) is 0 Å². The summed E-state index contributed by atoms with van der Waals surface area (Å²) in [5.74, 6) is 0.726. The molecule has 1 aliphatic heterocycles. The van der Waals surface area contributed by atoms with Gasteiger partial charge in [-0.1, -0.05) is 44.2 Å². The van der Waals surface area contributed by atoms with E-state index < -0.39 is 0 Å². The molecular weight excluding hydrogens is 188 g/mol. The molecule has 82 valence electrons. The van der Waals surface area contributed by atoms with Gasteiger partial charge >= 0.3 is 0 Å². The van der Waals surface area contributed by atoms with Crippen molar-refractivity contribution in [3.05, 3.63) is 35.9 Å². The molecule has 0 saturated carbocycles. The Hall–Kier alpha value is -0.860. The van der Waals surface area contributed by atoms with Gasteiger partial charge in [0.15, 0.2) is 0 Å². The largest absolute Gasteiger partial charge is 0.390 e. The molecule has 1 aromatic rings. The Morgan fingerprint density at radius 1 is 1.27 bits per heavy atom. The Labute approximate surface area is 90.9 Å². The highest BCUT2D eigenvalue weighted by Gasteiger charge is 2.38. The monoisotopic (exact) mass is 206 g/mol. The van der Waals surface area contributed by atoms with Crippen molar-refractivity contribution in [3.8, 4) is 0 Å². The van der Waals surface area contributed by atoms with Crippen LogP contribution in [-0.4, -0.2) is 17.8 Å². The van der Waals surface area contributed by atoms with Gasteiger partial charge in [0.05, 0.1) is 12.7 Å². The highest BCUT2D eigenvalue weighted by atomic mass is 16.5. The lowest BCUT2D eigenvalue weighted by Crippen LogP contribution is -2.24. The maximum atomic E-state index is 10.1. The first-order chi connectivity index (χ1) is 7.20. The number of aliphatic hydroxyl groups excluding tert-OH is 1. The smallest absolute Gasteiger partial charge is 0.109 e. The van der Waals surface area contributed by atoms with Crippen LogP contribution in [0, 0.1) is 11.8 Å². The molecule has 1 saturated heterocycles. The van der Waals surface area contributed by atoms with Crippen molar-refractivity contribution in [2.24, 2.45) is 11.8 Å². The maximum Gasteiger partial charge on any atom is 0.109 e. The lowest BCUT2D eigenvalue weighted by atomic mass is 9.89. The minimum absolute atomic E-state index is 0.140. The highest BCUT2D eigenvalue weighted by molar-refractivity contribution is 5.20. The van der Waals surface area contributed by atoms with Crippen LogP contribution in [0.5, 0.6) is 0 Å². The molecule has 0 radical (unpaired) electrons. The molecule has 1 aliphatic rings. The van der Waals surface area contributed by atoms with Gasteiger partial charge in [-0.2, -0.15) is 0 Å². The summed E-state index contributed by atoms with van der Waals surface area (Å²) in [5.41, 5.74) is 1.08. The Morgan fingerprint density at radius 3 is 2.47 bits per heavy atom. The van der Waals surface area contributed by atoms with Crippen LogP contribution in [0.3, 0.4) is 0 Å². The van der Waals surface area contributed by atoms with Gasteiger partial charge in [0.25, 0.3) is 0 Å². The second-order valence-corrected chi connectivity index (χ2v) is 4.56. The molecule has 2 rings (SSSR count). The number of ether oxygens (including phenoxy) is 1. The minimum atomic E-state index is -0.368. The Morgan fingerprint density at radius 2 is 1.93 bits per heavy atom. The Kier molecular flexibility index (Phi) is 3.08. The van der Waals surface area contributed by atoms with Crippen LogP contribution in [0.15, 0.2) is 30.3 Å². The summed E-state index contributed by atoms with van der Waals surface area (Å²) in [6, 6.07) is 9.96. The zero-order valence-corrected chi connectivity index (χ0v) is 9.26. The van der Waals surface area contributed by atoms with Gasteiger partial charge in [0, 0.05) is 5.92 Å². The first-order valence-corrected chi connectivity index (χ1v) is 5.54. The van der Waals surface area contributed by atoms with Crippen molar-refractivity contribution in [2.75, 3.05) is 6.61 Å². The number of hydrogen-bond donors (Lipinski definition) is 1. The van der Waals surface area contributed by atoms with Gasteiger partial charge in [0.1, 0.15) is 6.10 Å². The predicted molar refractivity (Wildman–Crippen MR) is 59.5 cm³/mol. The van der Waals surface area contributed by atoms with E-state index >= 15 is 0 Å². The Bertz CT molecular complexity index is 308. The molecule has 0 aliphatic carbocycles. The number of rotatable bonds is 2. The van der Waals surface area contributed by atoms with E-state index in [0.717, 1.165) is 5.56 Å². The van der Waals surface area contributed by atoms with E-state index in [9.17, 15) is 5.11 Å². The second kappa shape index (κ2) is 4.33. The van der Waals surface area contributed by atoms with Gasteiger partial charge in [-0.25, -0.2) is 0 Å². The Balaban J connectivity index is 2.14. The molecule has 0 bridgehead atoms. The predicted octanol–water partition coefficient (Wildman–Crippen LogP) is 2.39. The van der Waals surface area contributed by atoms with E-state index in [2.05, 4.69) is 13.8 Å². The molecule has 15 heavy (non-hydrogen) atoms. The van der Waals surface area contributed by atoms with E-state index in [4.69, 9.17) is 4.74 Å². The summed E-state index contributed by atoms with van der Waals surface area (Å²) >= 11 is 0. The second-order valence-electron chi connectivity index (χ2n) is 4.56. The number of benzene rings is 1. The van der Waals surface area contributed by atoms with Crippen LogP contribution < -0.4 is 0 Å². The summed E-state index contributed by atoms with van der Waals surface area (Å²) < 4.78 is 5.68. The topological polar surface area (TPSA) is 29.5 Å². The van der Waals surface area contributed by atoms with Gasteiger partial charge in [-0.05, 0) is 11.5 Å². The van der Waals surface area contributed by atoms with E-state index in [1.807, 2.05) is 30.3 Å². The molecule has 3 atom stereocenters. The zero-order valence-electron chi connectivity index (χ0n) is 9.26. The van der Waals surface area contributed by atoms with Crippen molar-refractivity contribution >= 4 is 0 Å². The molecule has 0 aromatic heterocycles. The summed E-state index contributed by atoms with van der Waals surface area (Å²) in [7, 11) is 0. The zero-order chi connectivity index (χ0) is 10.8. The van der Waals surface area contributed by atoms with Crippen LogP contribution in [0.1, 0.15) is 25.5 Å². The fourth-order valence-corrected chi connectivity index (χ4v) is 2.16. The third kappa shape index (κ3) is 2.06. The number of hydrogen-bond acceptors (Lipinski definition) is 2. The summed E-state index contributed by atoms with van der Waals surface area (Å²) in [6.07, 6.45) is -0.508. The van der Waals surface area contributed by atoms with Crippen LogP contribution >= 0.6 is 0 Å². The van der Waals surface area contributed by atoms with Gasteiger partial charge in [-0.15, -0.1) is 0 Å². The van der Waals surface area contributed by atoms with Crippen LogP contribution in [0.4, 0.5) is 0 Å². The fourth-order valence-electron chi connectivity index (χ4n) is 2.16. The third-order valence-corrected chi connectivity index (χ3v) is 3.20. The van der Waals surface area contributed by atoms with E-state index in [1.54, 1.807) is 0 Å². The van der Waals surface area contributed by atoms with Gasteiger partial charge < -0.3 is 9.84 Å². The SMILES string of the molecule is CC(C)[C@@H]1CO[C@@H](c2ccccc2)[C@@H]1O. The van der Waals surface area contributed by atoms with Crippen molar-refractivity contribution in [3.63, 3.8) is 0 Å². The summed E-state index contributed by atoms with van der Waals surface area (Å²) in [6.45, 7) is 4.92. The van der Waals surface area contributed by atoms with Crippen molar-refractivity contribution in [2.45, 2.75) is 26.1 Å². The van der Waals surface area contributed by atoms with Crippen LogP contribution in [0.25, 0.3) is 0 Å².